The number of fused-ring (bicyclic) bond motifs is 2. The van der Waals surface area contributed by atoms with Crippen LogP contribution >= 0.6 is 11.3 Å². The second-order valence-electron chi connectivity index (χ2n) is 6.90. The highest BCUT2D eigenvalue weighted by molar-refractivity contribution is 7.18. The Morgan fingerprint density at radius 2 is 1.88 bits per heavy atom. The average molecular weight is 368 g/mol. The van der Waals surface area contributed by atoms with Crippen LogP contribution in [0.2, 0.25) is 0 Å². The Kier molecular flexibility index (Phi) is 3.94. The molecule has 134 valence electrons. The van der Waals surface area contributed by atoms with E-state index in [2.05, 4.69) is 23.1 Å². The number of ether oxygens (including phenoxy) is 2. The highest BCUT2D eigenvalue weighted by Gasteiger charge is 2.25. The summed E-state index contributed by atoms with van der Waals surface area (Å²) in [6.07, 6.45) is 2.20. The maximum Gasteiger partial charge on any atom is 0.231 e. The second-order valence-corrected chi connectivity index (χ2v) is 7.97. The molecule has 0 bridgehead atoms. The number of benzene rings is 2. The molecule has 6 heteroatoms. The monoisotopic (exact) mass is 368 g/mol. The van der Waals surface area contributed by atoms with E-state index < -0.39 is 0 Å². The van der Waals surface area contributed by atoms with E-state index in [1.54, 1.807) is 6.07 Å². The minimum absolute atomic E-state index is 0.228. The summed E-state index contributed by atoms with van der Waals surface area (Å²) in [4.78, 5) is 7.22. The molecular formula is C20H20N2O3S. The first-order valence-electron chi connectivity index (χ1n) is 8.95. The van der Waals surface area contributed by atoms with Crippen molar-refractivity contribution in [3.63, 3.8) is 0 Å². The van der Waals surface area contributed by atoms with E-state index in [1.165, 1.54) is 9.71 Å². The van der Waals surface area contributed by atoms with Crippen molar-refractivity contribution >= 4 is 21.6 Å². The fourth-order valence-electron chi connectivity index (χ4n) is 3.74. The molecule has 0 spiro atoms. The molecule has 5 nitrogen and oxygen atoms in total. The van der Waals surface area contributed by atoms with Crippen LogP contribution < -0.4 is 9.47 Å². The number of phenols is 1. The topological polar surface area (TPSA) is 54.8 Å². The van der Waals surface area contributed by atoms with Gasteiger partial charge in [-0.1, -0.05) is 12.1 Å². The van der Waals surface area contributed by atoms with Crippen LogP contribution in [-0.4, -0.2) is 34.9 Å². The van der Waals surface area contributed by atoms with Crippen LogP contribution in [0, 0.1) is 0 Å². The fraction of sp³-hybridized carbons (Fsp3) is 0.350. The number of rotatable bonds is 3. The molecule has 3 aromatic rings. The molecular weight excluding hydrogens is 348 g/mol. The highest BCUT2D eigenvalue weighted by Crippen LogP contribution is 2.39. The minimum Gasteiger partial charge on any atom is -0.507 e. The first-order valence-corrected chi connectivity index (χ1v) is 9.77. The Balaban J connectivity index is 1.26. The largest absolute Gasteiger partial charge is 0.507 e. The Labute approximate surface area is 155 Å². The van der Waals surface area contributed by atoms with Gasteiger partial charge < -0.3 is 14.6 Å². The van der Waals surface area contributed by atoms with Crippen LogP contribution in [0.3, 0.4) is 0 Å². The van der Waals surface area contributed by atoms with Gasteiger partial charge in [0, 0.05) is 24.1 Å². The van der Waals surface area contributed by atoms with Crippen LogP contribution in [0.25, 0.3) is 10.2 Å². The number of hydrogen-bond donors (Lipinski definition) is 1. The molecule has 0 saturated carbocycles. The van der Waals surface area contributed by atoms with Crippen molar-refractivity contribution in [3.8, 4) is 17.2 Å². The molecule has 1 saturated heterocycles. The lowest BCUT2D eigenvalue weighted by atomic mass is 9.97. The number of likely N-dealkylation sites (tertiary alicyclic amines) is 1. The third-order valence-corrected chi connectivity index (χ3v) is 6.41. The molecule has 0 unspecified atom stereocenters. The molecule has 3 heterocycles. The van der Waals surface area contributed by atoms with Gasteiger partial charge in [-0.2, -0.15) is 0 Å². The Morgan fingerprint density at radius 1 is 1.12 bits per heavy atom. The van der Waals surface area contributed by atoms with Crippen LogP contribution in [-0.2, 0) is 6.54 Å². The summed E-state index contributed by atoms with van der Waals surface area (Å²) in [5, 5.41) is 11.5. The minimum atomic E-state index is 0.228. The third kappa shape index (κ3) is 2.89. The second kappa shape index (κ2) is 6.45. The van der Waals surface area contributed by atoms with Crippen molar-refractivity contribution in [1.29, 1.82) is 0 Å². The molecule has 0 aliphatic carbocycles. The molecule has 0 radical (unpaired) electrons. The number of para-hydroxylation sites is 1. The molecule has 0 atom stereocenters. The average Bonchev–Trinajstić information content (AvgIpc) is 3.29. The van der Waals surface area contributed by atoms with Gasteiger partial charge in [-0.3, -0.25) is 4.90 Å². The number of aromatic hydroxyl groups is 1. The van der Waals surface area contributed by atoms with Crippen molar-refractivity contribution in [2.24, 2.45) is 0 Å². The molecule has 1 fully saturated rings. The first kappa shape index (κ1) is 15.9. The summed E-state index contributed by atoms with van der Waals surface area (Å²) in [6.45, 7) is 2.98. The maximum atomic E-state index is 10.2. The molecule has 2 aliphatic heterocycles. The van der Waals surface area contributed by atoms with Gasteiger partial charge in [-0.15, -0.1) is 11.3 Å². The quantitative estimate of drug-likeness (QED) is 0.754. The van der Waals surface area contributed by atoms with Gasteiger partial charge in [-0.25, -0.2) is 4.98 Å². The lowest BCUT2D eigenvalue weighted by molar-refractivity contribution is 0.173. The molecule has 0 amide bonds. The molecule has 1 aromatic heterocycles. The molecule has 1 N–H and O–H groups in total. The molecule has 2 aromatic carbocycles. The summed E-state index contributed by atoms with van der Waals surface area (Å²) < 4.78 is 12.0. The van der Waals surface area contributed by atoms with E-state index in [-0.39, 0.29) is 12.5 Å². The number of thiazole rings is 1. The van der Waals surface area contributed by atoms with Gasteiger partial charge >= 0.3 is 0 Å². The number of piperidine rings is 1. The van der Waals surface area contributed by atoms with Gasteiger partial charge in [0.15, 0.2) is 11.5 Å². The van der Waals surface area contributed by atoms with E-state index in [4.69, 9.17) is 14.5 Å². The lowest BCUT2D eigenvalue weighted by Gasteiger charge is -2.31. The standard InChI is InChI=1S/C20H20N2O3S/c23-16-10-18-17(24-12-25-18)9-14(16)11-22-7-5-13(6-8-22)20-21-15-3-1-2-4-19(15)26-20/h1-4,9-10,13,23H,5-8,11-12H2. The summed E-state index contributed by atoms with van der Waals surface area (Å²) in [5.41, 5.74) is 2.01. The van der Waals surface area contributed by atoms with Gasteiger partial charge in [-0.05, 0) is 44.1 Å². The van der Waals surface area contributed by atoms with E-state index in [1.807, 2.05) is 23.5 Å². The zero-order valence-electron chi connectivity index (χ0n) is 14.4. The van der Waals surface area contributed by atoms with Crippen molar-refractivity contribution in [2.45, 2.75) is 25.3 Å². The predicted molar refractivity (Wildman–Crippen MR) is 101 cm³/mol. The summed E-state index contributed by atoms with van der Waals surface area (Å²) in [5.74, 6) is 2.17. The normalized spacial score (nSPS) is 17.8. The van der Waals surface area contributed by atoms with Crippen molar-refractivity contribution in [1.82, 2.24) is 9.88 Å². The van der Waals surface area contributed by atoms with Crippen LogP contribution in [0.5, 0.6) is 17.2 Å². The molecule has 26 heavy (non-hydrogen) atoms. The van der Waals surface area contributed by atoms with Crippen molar-refractivity contribution in [3.05, 3.63) is 47.0 Å². The van der Waals surface area contributed by atoms with Crippen LogP contribution in [0.15, 0.2) is 36.4 Å². The zero-order valence-corrected chi connectivity index (χ0v) is 15.2. The third-order valence-electron chi connectivity index (χ3n) is 5.22. The van der Waals surface area contributed by atoms with Gasteiger partial charge in [0.1, 0.15) is 5.75 Å². The zero-order chi connectivity index (χ0) is 17.5. The molecule has 2 aliphatic rings. The van der Waals surface area contributed by atoms with E-state index in [0.29, 0.717) is 11.7 Å². The summed E-state index contributed by atoms with van der Waals surface area (Å²) in [6, 6.07) is 11.9. The van der Waals surface area contributed by atoms with E-state index in [9.17, 15) is 5.11 Å². The number of hydrogen-bond acceptors (Lipinski definition) is 6. The fourth-order valence-corrected chi connectivity index (χ4v) is 4.88. The van der Waals surface area contributed by atoms with E-state index in [0.717, 1.165) is 49.3 Å². The van der Waals surface area contributed by atoms with Gasteiger partial charge in [0.25, 0.3) is 0 Å². The number of phenolic OH excluding ortho intramolecular Hbond substituents is 1. The summed E-state index contributed by atoms with van der Waals surface area (Å²) >= 11 is 1.82. The maximum absolute atomic E-state index is 10.2. The highest BCUT2D eigenvalue weighted by atomic mass is 32.1. The van der Waals surface area contributed by atoms with Crippen LogP contribution in [0.1, 0.15) is 29.3 Å². The van der Waals surface area contributed by atoms with E-state index >= 15 is 0 Å². The number of nitrogens with zero attached hydrogens (tertiary/aromatic N) is 2. The Hall–Kier alpha value is -2.31. The Morgan fingerprint density at radius 3 is 2.69 bits per heavy atom. The van der Waals surface area contributed by atoms with Gasteiger partial charge in [0.2, 0.25) is 6.79 Å². The smallest absolute Gasteiger partial charge is 0.231 e. The number of aromatic nitrogens is 1. The first-order chi connectivity index (χ1) is 12.8. The summed E-state index contributed by atoms with van der Waals surface area (Å²) in [7, 11) is 0. The van der Waals surface area contributed by atoms with Crippen molar-refractivity contribution in [2.75, 3.05) is 19.9 Å². The van der Waals surface area contributed by atoms with Gasteiger partial charge in [0.05, 0.1) is 15.2 Å². The predicted octanol–water partition coefficient (Wildman–Crippen LogP) is 4.11. The van der Waals surface area contributed by atoms with Crippen LogP contribution in [0.4, 0.5) is 0 Å². The SMILES string of the molecule is Oc1cc2c(cc1CN1CCC(c3nc4ccccc4s3)CC1)OCO2. The Bertz CT molecular complexity index is 914. The lowest BCUT2D eigenvalue weighted by Crippen LogP contribution is -2.32. The van der Waals surface area contributed by atoms with Crippen molar-refractivity contribution < 1.29 is 14.6 Å². The molecule has 5 rings (SSSR count).